The zero-order chi connectivity index (χ0) is 14.5. The number of urea groups is 1. The topological polar surface area (TPSA) is 41.1 Å². The molecular weight excluding hydrogens is 260 g/mol. The van der Waals surface area contributed by atoms with Gasteiger partial charge in [-0.05, 0) is 37.7 Å². The third kappa shape index (κ3) is 3.39. The Morgan fingerprint density at radius 3 is 2.19 bits per heavy atom. The average molecular weight is 286 g/mol. The van der Waals surface area contributed by atoms with Crippen LogP contribution in [-0.4, -0.2) is 12.1 Å². The third-order valence-corrected chi connectivity index (χ3v) is 5.08. The summed E-state index contributed by atoms with van der Waals surface area (Å²) in [6.45, 7) is 0. The van der Waals surface area contributed by atoms with E-state index in [-0.39, 0.29) is 11.6 Å². The molecule has 0 atom stereocenters. The van der Waals surface area contributed by atoms with Crippen LogP contribution in [0.5, 0.6) is 0 Å². The van der Waals surface area contributed by atoms with E-state index in [2.05, 4.69) is 34.9 Å². The van der Waals surface area contributed by atoms with Crippen molar-refractivity contribution in [2.45, 2.75) is 69.4 Å². The van der Waals surface area contributed by atoms with Gasteiger partial charge in [-0.25, -0.2) is 4.79 Å². The lowest BCUT2D eigenvalue weighted by Gasteiger charge is -2.43. The molecule has 2 N–H and O–H groups in total. The van der Waals surface area contributed by atoms with Crippen molar-refractivity contribution in [3.05, 3.63) is 35.9 Å². The highest BCUT2D eigenvalue weighted by molar-refractivity contribution is 5.75. The van der Waals surface area contributed by atoms with E-state index in [1.807, 2.05) is 6.07 Å². The molecule has 2 aliphatic carbocycles. The first-order valence-electron chi connectivity index (χ1n) is 8.43. The van der Waals surface area contributed by atoms with E-state index in [9.17, 15) is 4.79 Å². The second-order valence-corrected chi connectivity index (χ2v) is 6.59. The van der Waals surface area contributed by atoms with E-state index in [1.165, 1.54) is 37.7 Å². The summed E-state index contributed by atoms with van der Waals surface area (Å²) >= 11 is 0. The quantitative estimate of drug-likeness (QED) is 0.807. The second kappa shape index (κ2) is 6.50. The van der Waals surface area contributed by atoms with Crippen LogP contribution in [0.1, 0.15) is 63.4 Å². The lowest BCUT2D eigenvalue weighted by Crippen LogP contribution is -2.55. The molecule has 3 nitrogen and oxygen atoms in total. The molecule has 2 amide bonds. The van der Waals surface area contributed by atoms with Gasteiger partial charge in [0.1, 0.15) is 0 Å². The van der Waals surface area contributed by atoms with Crippen LogP contribution in [0.4, 0.5) is 4.79 Å². The number of hydrogen-bond donors (Lipinski definition) is 2. The Labute approximate surface area is 127 Å². The lowest BCUT2D eigenvalue weighted by atomic mass is 9.72. The highest BCUT2D eigenvalue weighted by Crippen LogP contribution is 2.41. The molecule has 2 aliphatic rings. The fourth-order valence-corrected chi connectivity index (χ4v) is 3.64. The number of benzene rings is 1. The summed E-state index contributed by atoms with van der Waals surface area (Å²) in [6.07, 6.45) is 10.7. The Morgan fingerprint density at radius 2 is 1.62 bits per heavy atom. The maximum Gasteiger partial charge on any atom is 0.315 e. The molecule has 0 bridgehead atoms. The van der Waals surface area contributed by atoms with Crippen LogP contribution < -0.4 is 10.6 Å². The maximum atomic E-state index is 12.4. The van der Waals surface area contributed by atoms with Crippen molar-refractivity contribution in [3.63, 3.8) is 0 Å². The van der Waals surface area contributed by atoms with Crippen LogP contribution >= 0.6 is 0 Å². The molecule has 0 unspecified atom stereocenters. The minimum atomic E-state index is -0.129. The van der Waals surface area contributed by atoms with Gasteiger partial charge in [-0.15, -0.1) is 0 Å². The summed E-state index contributed by atoms with van der Waals surface area (Å²) < 4.78 is 0. The SMILES string of the molecule is O=C(NC1CCCCCC1)NC1(c2ccccc2)CCC1. The second-order valence-electron chi connectivity index (χ2n) is 6.59. The first-order valence-corrected chi connectivity index (χ1v) is 8.43. The molecule has 0 radical (unpaired) electrons. The summed E-state index contributed by atoms with van der Waals surface area (Å²) in [6, 6.07) is 10.8. The van der Waals surface area contributed by atoms with Gasteiger partial charge >= 0.3 is 6.03 Å². The van der Waals surface area contributed by atoms with Gasteiger partial charge in [0.25, 0.3) is 0 Å². The summed E-state index contributed by atoms with van der Waals surface area (Å²) in [7, 11) is 0. The van der Waals surface area contributed by atoms with Gasteiger partial charge in [0.2, 0.25) is 0 Å². The smallest absolute Gasteiger partial charge is 0.315 e. The van der Waals surface area contributed by atoms with Crippen molar-refractivity contribution < 1.29 is 4.79 Å². The van der Waals surface area contributed by atoms with Gasteiger partial charge < -0.3 is 10.6 Å². The van der Waals surface area contributed by atoms with Crippen molar-refractivity contribution in [1.82, 2.24) is 10.6 Å². The molecular formula is C18H26N2O. The Kier molecular flexibility index (Phi) is 4.47. The van der Waals surface area contributed by atoms with Crippen LogP contribution in [-0.2, 0) is 5.54 Å². The summed E-state index contributed by atoms with van der Waals surface area (Å²) in [5.74, 6) is 0. The Bertz CT molecular complexity index is 459. The van der Waals surface area contributed by atoms with Crippen LogP contribution in [0, 0.1) is 0 Å². The standard InChI is InChI=1S/C18H26N2O/c21-17(19-16-11-6-1-2-7-12-16)20-18(13-8-14-18)15-9-4-3-5-10-15/h3-5,9-10,16H,1-2,6-8,11-14H2,(H2,19,20,21). The fourth-order valence-electron chi connectivity index (χ4n) is 3.64. The first kappa shape index (κ1) is 14.4. The van der Waals surface area contributed by atoms with Crippen LogP contribution in [0.25, 0.3) is 0 Å². The number of carbonyl (C=O) groups is 1. The van der Waals surface area contributed by atoms with Crippen LogP contribution in [0.2, 0.25) is 0 Å². The van der Waals surface area contributed by atoms with E-state index in [1.54, 1.807) is 0 Å². The largest absolute Gasteiger partial charge is 0.335 e. The van der Waals surface area contributed by atoms with Crippen LogP contribution in [0.3, 0.4) is 0 Å². The molecule has 0 aliphatic heterocycles. The van der Waals surface area contributed by atoms with E-state index >= 15 is 0 Å². The van der Waals surface area contributed by atoms with Gasteiger partial charge in [-0.2, -0.15) is 0 Å². The summed E-state index contributed by atoms with van der Waals surface area (Å²) in [5, 5.41) is 6.47. The molecule has 0 spiro atoms. The third-order valence-electron chi connectivity index (χ3n) is 5.08. The Hall–Kier alpha value is -1.51. The van der Waals surface area contributed by atoms with Crippen molar-refractivity contribution >= 4 is 6.03 Å². The van der Waals surface area contributed by atoms with Gasteiger partial charge in [0, 0.05) is 6.04 Å². The zero-order valence-electron chi connectivity index (χ0n) is 12.7. The predicted octanol–water partition coefficient (Wildman–Crippen LogP) is 4.09. The maximum absolute atomic E-state index is 12.4. The van der Waals surface area contributed by atoms with Crippen molar-refractivity contribution in [2.75, 3.05) is 0 Å². The molecule has 21 heavy (non-hydrogen) atoms. The number of nitrogens with one attached hydrogen (secondary N) is 2. The van der Waals surface area contributed by atoms with Crippen molar-refractivity contribution in [2.24, 2.45) is 0 Å². The van der Waals surface area contributed by atoms with Crippen molar-refractivity contribution in [1.29, 1.82) is 0 Å². The number of hydrogen-bond acceptors (Lipinski definition) is 1. The van der Waals surface area contributed by atoms with E-state index < -0.39 is 0 Å². The normalized spacial score (nSPS) is 21.9. The van der Waals surface area contributed by atoms with E-state index in [0.29, 0.717) is 6.04 Å². The average Bonchev–Trinajstić information content (AvgIpc) is 2.72. The fraction of sp³-hybridized carbons (Fsp3) is 0.611. The number of rotatable bonds is 3. The van der Waals surface area contributed by atoms with E-state index in [4.69, 9.17) is 0 Å². The molecule has 114 valence electrons. The van der Waals surface area contributed by atoms with Gasteiger partial charge in [-0.3, -0.25) is 0 Å². The highest BCUT2D eigenvalue weighted by atomic mass is 16.2. The van der Waals surface area contributed by atoms with Gasteiger partial charge in [0.15, 0.2) is 0 Å². The predicted molar refractivity (Wildman–Crippen MR) is 85.1 cm³/mol. The molecule has 0 aromatic heterocycles. The molecule has 3 rings (SSSR count). The zero-order valence-corrected chi connectivity index (χ0v) is 12.7. The minimum Gasteiger partial charge on any atom is -0.335 e. The molecule has 2 saturated carbocycles. The monoisotopic (exact) mass is 286 g/mol. The lowest BCUT2D eigenvalue weighted by molar-refractivity contribution is 0.174. The summed E-state index contributed by atoms with van der Waals surface area (Å²) in [5.41, 5.74) is 1.11. The molecule has 1 aromatic carbocycles. The number of amides is 2. The van der Waals surface area contributed by atoms with E-state index in [0.717, 1.165) is 25.7 Å². The van der Waals surface area contributed by atoms with Crippen molar-refractivity contribution in [3.8, 4) is 0 Å². The van der Waals surface area contributed by atoms with Crippen LogP contribution in [0.15, 0.2) is 30.3 Å². The highest BCUT2D eigenvalue weighted by Gasteiger charge is 2.40. The van der Waals surface area contributed by atoms with Gasteiger partial charge in [-0.1, -0.05) is 56.0 Å². The minimum absolute atomic E-state index is 0.0189. The molecule has 1 aromatic rings. The first-order chi connectivity index (χ1) is 10.3. The molecule has 0 heterocycles. The van der Waals surface area contributed by atoms with Gasteiger partial charge in [0.05, 0.1) is 5.54 Å². The summed E-state index contributed by atoms with van der Waals surface area (Å²) in [4.78, 5) is 12.4. The molecule has 2 fully saturated rings. The molecule has 0 saturated heterocycles. The number of carbonyl (C=O) groups excluding carboxylic acids is 1. The molecule has 3 heteroatoms. The Balaban J connectivity index is 1.60. The Morgan fingerprint density at radius 1 is 0.952 bits per heavy atom.